The third-order valence-corrected chi connectivity index (χ3v) is 10.4. The number of rotatable bonds is 14. The Labute approximate surface area is 212 Å². The molecule has 2 heteroatoms. The Morgan fingerprint density at radius 2 is 1.21 bits per heavy atom. The maximum absolute atomic E-state index is 14.0. The van der Waals surface area contributed by atoms with Crippen molar-refractivity contribution in [1.29, 1.82) is 0 Å². The molecule has 3 rings (SSSR count). The van der Waals surface area contributed by atoms with E-state index in [0.717, 1.165) is 31.1 Å². The lowest BCUT2D eigenvalue weighted by atomic mass is 9.49. The van der Waals surface area contributed by atoms with Gasteiger partial charge in [0.25, 0.3) is 0 Å². The summed E-state index contributed by atoms with van der Waals surface area (Å²) in [5.74, 6) is 2.12. The molecule has 0 N–H and O–H groups in total. The molecule has 0 saturated heterocycles. The fourth-order valence-corrected chi connectivity index (χ4v) is 8.24. The van der Waals surface area contributed by atoms with Crippen LogP contribution in [0.2, 0.25) is 0 Å². The quantitative estimate of drug-likeness (QED) is 0.185. The van der Waals surface area contributed by atoms with E-state index in [1.54, 1.807) is 0 Å². The molecule has 0 spiro atoms. The van der Waals surface area contributed by atoms with Crippen LogP contribution < -0.4 is 0 Å². The van der Waals surface area contributed by atoms with E-state index in [2.05, 4.69) is 13.8 Å². The van der Waals surface area contributed by atoms with E-state index in [-0.39, 0.29) is 16.8 Å². The van der Waals surface area contributed by atoms with E-state index >= 15 is 0 Å². The SMILES string of the molecule is CCCCCCCC1(C2(C(=O)OCCCCCC)CCCCC2)CCC(C2CCCCC2)CC1. The zero-order chi connectivity index (χ0) is 24.1. The van der Waals surface area contributed by atoms with Gasteiger partial charge in [0.05, 0.1) is 12.0 Å². The molecule has 0 aliphatic heterocycles. The highest BCUT2D eigenvalue weighted by Crippen LogP contribution is 2.61. The Hall–Kier alpha value is -0.530. The molecule has 0 aromatic carbocycles. The molecule has 0 atom stereocenters. The van der Waals surface area contributed by atoms with E-state index in [4.69, 9.17) is 4.74 Å². The van der Waals surface area contributed by atoms with Crippen LogP contribution in [0.3, 0.4) is 0 Å². The molecule has 3 fully saturated rings. The molecule has 0 aromatic heterocycles. The van der Waals surface area contributed by atoms with Crippen molar-refractivity contribution in [2.45, 2.75) is 168 Å². The van der Waals surface area contributed by atoms with Crippen LogP contribution in [0.15, 0.2) is 0 Å². The van der Waals surface area contributed by atoms with Gasteiger partial charge in [-0.05, 0) is 68.6 Å². The molecule has 2 nitrogen and oxygen atoms in total. The third kappa shape index (κ3) is 7.25. The van der Waals surface area contributed by atoms with Crippen molar-refractivity contribution in [1.82, 2.24) is 0 Å². The van der Waals surface area contributed by atoms with Gasteiger partial charge in [-0.15, -0.1) is 0 Å². The maximum Gasteiger partial charge on any atom is 0.312 e. The number of unbranched alkanes of at least 4 members (excludes halogenated alkanes) is 7. The van der Waals surface area contributed by atoms with Gasteiger partial charge in [0.2, 0.25) is 0 Å². The monoisotopic (exact) mass is 474 g/mol. The minimum absolute atomic E-state index is 0.182. The molecule has 0 amide bonds. The van der Waals surface area contributed by atoms with Crippen molar-refractivity contribution < 1.29 is 9.53 Å². The summed E-state index contributed by atoms with van der Waals surface area (Å²) >= 11 is 0. The summed E-state index contributed by atoms with van der Waals surface area (Å²) in [6.45, 7) is 5.20. The lowest BCUT2D eigenvalue weighted by Gasteiger charge is -2.55. The van der Waals surface area contributed by atoms with E-state index < -0.39 is 0 Å². The van der Waals surface area contributed by atoms with Crippen LogP contribution in [0.1, 0.15) is 168 Å². The van der Waals surface area contributed by atoms with Gasteiger partial charge in [0.1, 0.15) is 0 Å². The van der Waals surface area contributed by atoms with Crippen molar-refractivity contribution in [2.75, 3.05) is 6.61 Å². The number of ether oxygens (including phenoxy) is 1. The van der Waals surface area contributed by atoms with Crippen molar-refractivity contribution in [2.24, 2.45) is 22.7 Å². The second-order valence-corrected chi connectivity index (χ2v) is 12.5. The lowest BCUT2D eigenvalue weighted by Crippen LogP contribution is -2.52. The second-order valence-electron chi connectivity index (χ2n) is 12.5. The van der Waals surface area contributed by atoms with E-state index in [0.29, 0.717) is 6.61 Å². The summed E-state index contributed by atoms with van der Waals surface area (Å²) in [5, 5.41) is 0. The Kier molecular flexibility index (Phi) is 12.3. The summed E-state index contributed by atoms with van der Waals surface area (Å²) in [4.78, 5) is 14.0. The number of carbonyl (C=O) groups excluding carboxylic acids is 1. The second kappa shape index (κ2) is 14.9. The first kappa shape index (κ1) is 28.0. The van der Waals surface area contributed by atoms with Crippen LogP contribution in [0.5, 0.6) is 0 Å². The van der Waals surface area contributed by atoms with Crippen LogP contribution in [0.4, 0.5) is 0 Å². The van der Waals surface area contributed by atoms with Crippen LogP contribution in [0.25, 0.3) is 0 Å². The van der Waals surface area contributed by atoms with Crippen molar-refractivity contribution in [3.05, 3.63) is 0 Å². The molecule has 0 bridgehead atoms. The predicted octanol–water partition coefficient (Wildman–Crippen LogP) is 10.2. The number of hydrogen-bond donors (Lipinski definition) is 0. The first-order valence-corrected chi connectivity index (χ1v) is 15.8. The molecule has 3 aliphatic carbocycles. The smallest absolute Gasteiger partial charge is 0.312 e. The Balaban J connectivity index is 1.71. The van der Waals surface area contributed by atoms with E-state index in [1.165, 1.54) is 135 Å². The highest BCUT2D eigenvalue weighted by molar-refractivity contribution is 5.78. The summed E-state index contributed by atoms with van der Waals surface area (Å²) in [5.41, 5.74) is 0.0313. The van der Waals surface area contributed by atoms with Crippen LogP contribution in [-0.4, -0.2) is 12.6 Å². The average molecular weight is 475 g/mol. The molecule has 198 valence electrons. The Morgan fingerprint density at radius 1 is 0.647 bits per heavy atom. The zero-order valence-corrected chi connectivity index (χ0v) is 23.1. The van der Waals surface area contributed by atoms with Gasteiger partial charge in [0.15, 0.2) is 0 Å². The molecule has 3 saturated carbocycles. The fraction of sp³-hybridized carbons (Fsp3) is 0.969. The largest absolute Gasteiger partial charge is 0.465 e. The number of carbonyl (C=O) groups is 1. The van der Waals surface area contributed by atoms with Gasteiger partial charge in [-0.25, -0.2) is 0 Å². The van der Waals surface area contributed by atoms with Crippen LogP contribution >= 0.6 is 0 Å². The lowest BCUT2D eigenvalue weighted by molar-refractivity contribution is -0.175. The minimum atomic E-state index is -0.182. The molecule has 0 aromatic rings. The summed E-state index contributed by atoms with van der Waals surface area (Å²) < 4.78 is 6.16. The molecule has 0 unspecified atom stereocenters. The molecule has 34 heavy (non-hydrogen) atoms. The molecular weight excluding hydrogens is 416 g/mol. The van der Waals surface area contributed by atoms with Gasteiger partial charge in [-0.2, -0.15) is 0 Å². The van der Waals surface area contributed by atoms with Gasteiger partial charge < -0.3 is 4.74 Å². The van der Waals surface area contributed by atoms with E-state index in [9.17, 15) is 4.79 Å². The molecule has 3 aliphatic rings. The van der Waals surface area contributed by atoms with Gasteiger partial charge in [0, 0.05) is 0 Å². The minimum Gasteiger partial charge on any atom is -0.465 e. The fourth-order valence-electron chi connectivity index (χ4n) is 8.24. The van der Waals surface area contributed by atoms with Crippen LogP contribution in [0, 0.1) is 22.7 Å². The van der Waals surface area contributed by atoms with Crippen LogP contribution in [-0.2, 0) is 9.53 Å². The van der Waals surface area contributed by atoms with Crippen molar-refractivity contribution in [3.63, 3.8) is 0 Å². The van der Waals surface area contributed by atoms with Gasteiger partial charge in [-0.3, -0.25) is 4.79 Å². The highest BCUT2D eigenvalue weighted by atomic mass is 16.5. The summed E-state index contributed by atoms with van der Waals surface area (Å²) in [7, 11) is 0. The maximum atomic E-state index is 14.0. The molecule has 0 heterocycles. The highest BCUT2D eigenvalue weighted by Gasteiger charge is 2.57. The first-order valence-electron chi connectivity index (χ1n) is 15.8. The van der Waals surface area contributed by atoms with E-state index in [1.807, 2.05) is 0 Å². The Bertz CT molecular complexity index is 547. The zero-order valence-electron chi connectivity index (χ0n) is 23.1. The first-order chi connectivity index (χ1) is 16.7. The van der Waals surface area contributed by atoms with Gasteiger partial charge in [-0.1, -0.05) is 117 Å². The third-order valence-electron chi connectivity index (χ3n) is 10.4. The summed E-state index contributed by atoms with van der Waals surface area (Å²) in [6, 6.07) is 0. The topological polar surface area (TPSA) is 26.3 Å². The Morgan fingerprint density at radius 3 is 1.85 bits per heavy atom. The predicted molar refractivity (Wildman–Crippen MR) is 145 cm³/mol. The number of esters is 1. The summed E-state index contributed by atoms with van der Waals surface area (Å²) in [6.07, 6.45) is 31.4. The number of hydrogen-bond acceptors (Lipinski definition) is 2. The molecule has 0 radical (unpaired) electrons. The molecular formula is C32H58O2. The van der Waals surface area contributed by atoms with Gasteiger partial charge >= 0.3 is 5.97 Å². The normalized spacial score (nSPS) is 28.0. The van der Waals surface area contributed by atoms with Crippen molar-refractivity contribution in [3.8, 4) is 0 Å². The standard InChI is InChI=1S/C32H58O2/c1-3-5-7-9-14-22-31(25-20-29(21-26-31)28-18-12-10-13-19-28)32(23-15-11-16-24-32)30(33)34-27-17-8-6-4-2/h28-29H,3-27H2,1-2H3. The van der Waals surface area contributed by atoms with Crippen molar-refractivity contribution >= 4 is 5.97 Å². The average Bonchev–Trinajstić information content (AvgIpc) is 2.89.